The fourth-order valence-corrected chi connectivity index (χ4v) is 4.71. The molecule has 194 valence electrons. The zero-order chi connectivity index (χ0) is 25.7. The number of benzene rings is 2. The second-order valence-corrected chi connectivity index (χ2v) is 9.78. The maximum atomic E-state index is 13.5. The van der Waals surface area contributed by atoms with Crippen LogP contribution in [-0.4, -0.2) is 75.4 Å². The highest BCUT2D eigenvalue weighted by Gasteiger charge is 2.41. The van der Waals surface area contributed by atoms with Gasteiger partial charge in [-0.2, -0.15) is 0 Å². The van der Waals surface area contributed by atoms with Crippen LogP contribution >= 0.6 is 0 Å². The summed E-state index contributed by atoms with van der Waals surface area (Å²) in [7, 11) is 3.18. The first kappa shape index (κ1) is 25.9. The van der Waals surface area contributed by atoms with Gasteiger partial charge in [-0.3, -0.25) is 9.00 Å². The van der Waals surface area contributed by atoms with E-state index in [1.165, 1.54) is 0 Å². The van der Waals surface area contributed by atoms with Crippen LogP contribution in [0.4, 0.5) is 4.79 Å². The van der Waals surface area contributed by atoms with Gasteiger partial charge >= 0.3 is 6.03 Å². The van der Waals surface area contributed by atoms with E-state index in [-0.39, 0.29) is 6.54 Å². The van der Waals surface area contributed by atoms with E-state index < -0.39 is 35.8 Å². The third kappa shape index (κ3) is 6.34. The molecule has 0 radical (unpaired) electrons. The summed E-state index contributed by atoms with van der Waals surface area (Å²) in [4.78, 5) is 27.6. The van der Waals surface area contributed by atoms with Crippen molar-refractivity contribution in [3.05, 3.63) is 59.7 Å². The Morgan fingerprint density at radius 3 is 2.25 bits per heavy atom. The monoisotopic (exact) mass is 515 g/mol. The Bertz CT molecular complexity index is 1080. The highest BCUT2D eigenvalue weighted by atomic mass is 32.2. The number of urea groups is 1. The zero-order valence-electron chi connectivity index (χ0n) is 20.4. The van der Waals surface area contributed by atoms with Crippen molar-refractivity contribution in [2.45, 2.75) is 25.3 Å². The fraction of sp³-hybridized carbons (Fsp3) is 0.440. The number of carbonyl (C=O) groups excluding carboxylic acids is 2. The summed E-state index contributed by atoms with van der Waals surface area (Å²) in [5.41, 5.74) is 1.86. The molecular weight excluding hydrogens is 484 g/mol. The standard InChI is InChI=1S/C25H32N4O6S/c1-34-21-9-5-18(6-10-21)13-14-27-23(20-7-11-22(35-2)12-8-20)16-28(25(27)31)29(36(32)33)17-24(30)26-15-19-3-4-19/h5-12,19,23H,3-4,13-17H2,1-2H3,(H,26,30)(H,32,33)/p-1. The fourth-order valence-electron chi connectivity index (χ4n) is 4.19. The number of hydrogen-bond acceptors (Lipinski definition) is 6. The van der Waals surface area contributed by atoms with Crippen molar-refractivity contribution in [3.8, 4) is 11.5 Å². The van der Waals surface area contributed by atoms with Gasteiger partial charge in [0.05, 0.1) is 26.8 Å². The first-order valence-corrected chi connectivity index (χ1v) is 12.9. The number of rotatable bonds is 12. The molecule has 3 amide bonds. The van der Waals surface area contributed by atoms with Gasteiger partial charge in [0.15, 0.2) is 0 Å². The molecule has 1 saturated heterocycles. The lowest BCUT2D eigenvalue weighted by Gasteiger charge is -2.31. The van der Waals surface area contributed by atoms with Gasteiger partial charge < -0.3 is 24.2 Å². The Morgan fingerprint density at radius 1 is 1.08 bits per heavy atom. The van der Waals surface area contributed by atoms with Crippen molar-refractivity contribution in [2.24, 2.45) is 5.92 Å². The average molecular weight is 516 g/mol. The number of ether oxygens (including phenoxy) is 2. The summed E-state index contributed by atoms with van der Waals surface area (Å²) >= 11 is -2.80. The van der Waals surface area contributed by atoms with Gasteiger partial charge in [0, 0.05) is 24.4 Å². The summed E-state index contributed by atoms with van der Waals surface area (Å²) in [6.45, 7) is 0.536. The molecule has 11 heteroatoms. The first-order chi connectivity index (χ1) is 17.4. The third-order valence-corrected chi connectivity index (χ3v) is 7.17. The predicted octanol–water partition coefficient (Wildman–Crippen LogP) is 2.26. The van der Waals surface area contributed by atoms with Gasteiger partial charge in [-0.1, -0.05) is 24.3 Å². The lowest BCUT2D eigenvalue weighted by Crippen LogP contribution is -2.50. The molecule has 2 aromatic carbocycles. The Balaban J connectivity index is 1.52. The van der Waals surface area contributed by atoms with Gasteiger partial charge in [0.2, 0.25) is 5.91 Å². The van der Waals surface area contributed by atoms with Gasteiger partial charge in [-0.05, 0) is 60.6 Å². The smallest absolute Gasteiger partial charge is 0.336 e. The molecule has 0 bridgehead atoms. The largest absolute Gasteiger partial charge is 0.758 e. The van der Waals surface area contributed by atoms with Gasteiger partial charge in [0.1, 0.15) is 18.0 Å². The van der Waals surface area contributed by atoms with Crippen molar-refractivity contribution in [3.63, 3.8) is 0 Å². The predicted molar refractivity (Wildman–Crippen MR) is 133 cm³/mol. The van der Waals surface area contributed by atoms with Crippen LogP contribution in [0, 0.1) is 5.92 Å². The minimum Gasteiger partial charge on any atom is -0.758 e. The second-order valence-electron chi connectivity index (χ2n) is 8.92. The van der Waals surface area contributed by atoms with Crippen LogP contribution in [0.1, 0.15) is 30.0 Å². The van der Waals surface area contributed by atoms with Gasteiger partial charge in [-0.15, -0.1) is 4.41 Å². The lowest BCUT2D eigenvalue weighted by atomic mass is 10.1. The van der Waals surface area contributed by atoms with Crippen LogP contribution in [0.15, 0.2) is 48.5 Å². The van der Waals surface area contributed by atoms with E-state index in [2.05, 4.69) is 5.32 Å². The Labute approximate surface area is 213 Å². The Morgan fingerprint density at radius 2 is 1.69 bits per heavy atom. The minimum atomic E-state index is -2.80. The van der Waals surface area contributed by atoms with Crippen LogP contribution in [0.2, 0.25) is 0 Å². The maximum Gasteiger partial charge on any atom is 0.336 e. The molecule has 2 fully saturated rings. The lowest BCUT2D eigenvalue weighted by molar-refractivity contribution is -0.123. The molecule has 4 rings (SSSR count). The molecule has 36 heavy (non-hydrogen) atoms. The molecule has 0 spiro atoms. The van der Waals surface area contributed by atoms with E-state index in [9.17, 15) is 18.4 Å². The molecule has 0 aromatic heterocycles. The number of nitrogens with one attached hydrogen (secondary N) is 1. The molecule has 2 aliphatic rings. The highest BCUT2D eigenvalue weighted by Crippen LogP contribution is 2.32. The van der Waals surface area contributed by atoms with E-state index in [1.807, 2.05) is 36.4 Å². The van der Waals surface area contributed by atoms with E-state index in [4.69, 9.17) is 9.47 Å². The van der Waals surface area contributed by atoms with Crippen molar-refractivity contribution >= 4 is 23.2 Å². The van der Waals surface area contributed by atoms with Crippen LogP contribution in [0.5, 0.6) is 11.5 Å². The molecule has 1 aliphatic heterocycles. The van der Waals surface area contributed by atoms with E-state index >= 15 is 0 Å². The number of carbonyl (C=O) groups is 2. The molecular formula is C25H31N4O6S-. The summed E-state index contributed by atoms with van der Waals surface area (Å²) in [5, 5.41) is 3.90. The average Bonchev–Trinajstić information content (AvgIpc) is 3.67. The number of hydrazine groups is 1. The van der Waals surface area contributed by atoms with Crippen LogP contribution < -0.4 is 14.8 Å². The molecule has 10 nitrogen and oxygen atoms in total. The Hall–Kier alpha value is -3.15. The van der Waals surface area contributed by atoms with E-state index in [0.29, 0.717) is 31.2 Å². The van der Waals surface area contributed by atoms with Gasteiger partial charge in [-0.25, -0.2) is 9.80 Å². The first-order valence-electron chi connectivity index (χ1n) is 11.9. The number of hydrogen-bond donors (Lipinski definition) is 1. The summed E-state index contributed by atoms with van der Waals surface area (Å²) in [5.74, 6) is 1.45. The SMILES string of the molecule is COc1ccc(CCN2C(=O)N(N(CC(=O)NCC3CC3)S(=O)[O-])CC2c2ccc(OC)cc2)cc1. The van der Waals surface area contributed by atoms with E-state index in [0.717, 1.165) is 39.1 Å². The molecule has 2 atom stereocenters. The third-order valence-electron chi connectivity index (χ3n) is 6.49. The molecule has 1 saturated carbocycles. The van der Waals surface area contributed by atoms with Crippen molar-refractivity contribution in [1.82, 2.24) is 19.6 Å². The summed E-state index contributed by atoms with van der Waals surface area (Å²) in [6.07, 6.45) is 2.70. The second kappa shape index (κ2) is 11.7. The van der Waals surface area contributed by atoms with Crippen molar-refractivity contribution in [1.29, 1.82) is 0 Å². The molecule has 2 unspecified atom stereocenters. The topological polar surface area (TPSA) is 114 Å². The van der Waals surface area contributed by atoms with Crippen molar-refractivity contribution < 1.29 is 27.8 Å². The number of nitrogens with zero attached hydrogens (tertiary/aromatic N) is 3. The minimum absolute atomic E-state index is 0.0949. The highest BCUT2D eigenvalue weighted by molar-refractivity contribution is 7.76. The van der Waals surface area contributed by atoms with Crippen LogP contribution in [0.3, 0.4) is 0 Å². The number of amides is 3. The molecule has 1 N–H and O–H groups in total. The molecule has 2 aromatic rings. The number of methoxy groups -OCH3 is 2. The van der Waals surface area contributed by atoms with Crippen molar-refractivity contribution in [2.75, 3.05) is 40.4 Å². The van der Waals surface area contributed by atoms with Crippen LogP contribution in [-0.2, 0) is 22.5 Å². The summed E-state index contributed by atoms with van der Waals surface area (Å²) in [6, 6.07) is 14.0. The summed E-state index contributed by atoms with van der Waals surface area (Å²) < 4.78 is 35.5. The Kier molecular flexibility index (Phi) is 8.44. The quantitative estimate of drug-likeness (QED) is 0.434. The maximum absolute atomic E-state index is 13.5. The van der Waals surface area contributed by atoms with Gasteiger partial charge in [0.25, 0.3) is 0 Å². The zero-order valence-corrected chi connectivity index (χ0v) is 21.2. The normalized spacial score (nSPS) is 18.4. The molecule has 1 aliphatic carbocycles. The van der Waals surface area contributed by atoms with Crippen LogP contribution in [0.25, 0.3) is 0 Å². The van der Waals surface area contributed by atoms with E-state index in [1.54, 1.807) is 31.3 Å². The molecule has 1 heterocycles.